The van der Waals surface area contributed by atoms with E-state index in [1.807, 2.05) is 30.3 Å². The standard InChI is InChI=1S/C23H15ClN2O3/c1-14-6-5-9-20(21(14)22(27)28)29-23-25-18-12-16(17(24)13-19(18)26-23)11-10-15-7-3-2-4-8-15/h2-9,12-13H,1H3,(H,25,26)(H,27,28). The summed E-state index contributed by atoms with van der Waals surface area (Å²) in [5, 5.41) is 9.93. The number of rotatable bonds is 3. The Balaban J connectivity index is 1.69. The van der Waals surface area contributed by atoms with Crippen LogP contribution in [0.15, 0.2) is 60.7 Å². The SMILES string of the molecule is Cc1cccc(Oc2nc3cc(C#Cc4ccccc4)c(Cl)cc3[nH]2)c1C(=O)O. The number of aromatic nitrogens is 2. The molecular weight excluding hydrogens is 388 g/mol. The molecule has 0 saturated carbocycles. The summed E-state index contributed by atoms with van der Waals surface area (Å²) in [4.78, 5) is 19.0. The number of aryl methyl sites for hydroxylation is 1. The zero-order chi connectivity index (χ0) is 20.4. The Morgan fingerprint density at radius 3 is 2.66 bits per heavy atom. The number of ether oxygens (including phenoxy) is 1. The number of halogens is 1. The summed E-state index contributed by atoms with van der Waals surface area (Å²) in [6.45, 7) is 1.71. The molecule has 0 saturated heterocycles. The molecule has 142 valence electrons. The first-order chi connectivity index (χ1) is 14.0. The van der Waals surface area contributed by atoms with E-state index < -0.39 is 5.97 Å². The van der Waals surface area contributed by atoms with Crippen LogP contribution < -0.4 is 4.74 Å². The van der Waals surface area contributed by atoms with Gasteiger partial charge in [-0.3, -0.25) is 0 Å². The quantitative estimate of drug-likeness (QED) is 0.449. The molecule has 29 heavy (non-hydrogen) atoms. The zero-order valence-electron chi connectivity index (χ0n) is 15.4. The molecular formula is C23H15ClN2O3. The number of carbonyl (C=O) groups is 1. The normalized spacial score (nSPS) is 10.4. The maximum Gasteiger partial charge on any atom is 0.339 e. The first kappa shape index (κ1) is 18.6. The third-order valence-electron chi connectivity index (χ3n) is 4.32. The van der Waals surface area contributed by atoms with Crippen molar-refractivity contribution in [2.24, 2.45) is 0 Å². The monoisotopic (exact) mass is 402 g/mol. The number of imidazole rings is 1. The topological polar surface area (TPSA) is 75.2 Å². The molecule has 0 atom stereocenters. The van der Waals surface area contributed by atoms with Gasteiger partial charge in [-0.15, -0.1) is 0 Å². The highest BCUT2D eigenvalue weighted by atomic mass is 35.5. The lowest BCUT2D eigenvalue weighted by Crippen LogP contribution is -2.03. The number of hydrogen-bond acceptors (Lipinski definition) is 3. The van der Waals surface area contributed by atoms with E-state index in [4.69, 9.17) is 16.3 Å². The van der Waals surface area contributed by atoms with Gasteiger partial charge in [0, 0.05) is 11.1 Å². The number of H-pyrrole nitrogens is 1. The van der Waals surface area contributed by atoms with E-state index in [-0.39, 0.29) is 17.3 Å². The van der Waals surface area contributed by atoms with Gasteiger partial charge in [0.15, 0.2) is 0 Å². The fraction of sp³-hybridized carbons (Fsp3) is 0.0435. The van der Waals surface area contributed by atoms with Gasteiger partial charge in [-0.25, -0.2) is 4.79 Å². The minimum atomic E-state index is -1.06. The lowest BCUT2D eigenvalue weighted by Gasteiger charge is -2.07. The van der Waals surface area contributed by atoms with Crippen LogP contribution in [0.3, 0.4) is 0 Å². The highest BCUT2D eigenvalue weighted by molar-refractivity contribution is 6.32. The minimum Gasteiger partial charge on any atom is -0.478 e. The second-order valence-electron chi connectivity index (χ2n) is 6.36. The number of hydrogen-bond donors (Lipinski definition) is 2. The van der Waals surface area contributed by atoms with Crippen molar-refractivity contribution in [2.75, 3.05) is 0 Å². The van der Waals surface area contributed by atoms with Crippen molar-refractivity contribution in [1.82, 2.24) is 9.97 Å². The zero-order valence-corrected chi connectivity index (χ0v) is 16.1. The second kappa shape index (κ2) is 7.70. The van der Waals surface area contributed by atoms with Gasteiger partial charge >= 0.3 is 5.97 Å². The Hall–Kier alpha value is -3.75. The maximum absolute atomic E-state index is 11.5. The maximum atomic E-state index is 11.5. The predicted molar refractivity (Wildman–Crippen MR) is 112 cm³/mol. The van der Waals surface area contributed by atoms with Crippen LogP contribution in [0.1, 0.15) is 27.0 Å². The number of nitrogens with one attached hydrogen (secondary N) is 1. The van der Waals surface area contributed by atoms with Gasteiger partial charge < -0.3 is 14.8 Å². The van der Waals surface area contributed by atoms with Crippen LogP contribution in [0.5, 0.6) is 11.8 Å². The number of aromatic amines is 1. The van der Waals surface area contributed by atoms with Gasteiger partial charge in [0.1, 0.15) is 11.3 Å². The summed E-state index contributed by atoms with van der Waals surface area (Å²) in [6, 6.07) is 18.3. The highest BCUT2D eigenvalue weighted by Gasteiger charge is 2.16. The number of aromatic carboxylic acids is 1. The number of nitrogens with zero attached hydrogens (tertiary/aromatic N) is 1. The minimum absolute atomic E-state index is 0.0976. The van der Waals surface area contributed by atoms with Crippen LogP contribution in [0.25, 0.3) is 11.0 Å². The van der Waals surface area contributed by atoms with Gasteiger partial charge in [-0.2, -0.15) is 4.98 Å². The fourth-order valence-electron chi connectivity index (χ4n) is 2.92. The molecule has 0 spiro atoms. The summed E-state index contributed by atoms with van der Waals surface area (Å²) >= 11 is 6.36. The van der Waals surface area contributed by atoms with E-state index in [0.717, 1.165) is 5.56 Å². The van der Waals surface area contributed by atoms with Gasteiger partial charge in [0.25, 0.3) is 6.01 Å². The van der Waals surface area contributed by atoms with E-state index in [1.165, 1.54) is 0 Å². The Kier molecular flexibility index (Phi) is 4.94. The third-order valence-corrected chi connectivity index (χ3v) is 4.63. The van der Waals surface area contributed by atoms with E-state index in [2.05, 4.69) is 21.8 Å². The number of fused-ring (bicyclic) bond motifs is 1. The van der Waals surface area contributed by atoms with Crippen molar-refractivity contribution in [3.63, 3.8) is 0 Å². The highest BCUT2D eigenvalue weighted by Crippen LogP contribution is 2.29. The summed E-state index contributed by atoms with van der Waals surface area (Å²) < 4.78 is 5.72. The van der Waals surface area contributed by atoms with Crippen LogP contribution in [0, 0.1) is 18.8 Å². The van der Waals surface area contributed by atoms with E-state index in [9.17, 15) is 9.90 Å². The number of carboxylic acid groups (broad SMARTS) is 1. The Morgan fingerprint density at radius 1 is 1.10 bits per heavy atom. The average molecular weight is 403 g/mol. The molecule has 1 heterocycles. The lowest BCUT2D eigenvalue weighted by atomic mass is 10.1. The molecule has 3 aromatic carbocycles. The predicted octanol–water partition coefficient (Wildman–Crippen LogP) is 5.42. The van der Waals surface area contributed by atoms with E-state index >= 15 is 0 Å². The van der Waals surface area contributed by atoms with Crippen molar-refractivity contribution in [3.05, 3.63) is 87.9 Å². The van der Waals surface area contributed by atoms with Crippen molar-refractivity contribution in [2.45, 2.75) is 6.92 Å². The summed E-state index contributed by atoms with van der Waals surface area (Å²) in [6.07, 6.45) is 0. The molecule has 2 N–H and O–H groups in total. The lowest BCUT2D eigenvalue weighted by molar-refractivity contribution is 0.0693. The largest absolute Gasteiger partial charge is 0.478 e. The summed E-state index contributed by atoms with van der Waals surface area (Å²) in [5.41, 5.74) is 3.51. The molecule has 4 rings (SSSR count). The summed E-state index contributed by atoms with van der Waals surface area (Å²) in [7, 11) is 0. The van der Waals surface area contributed by atoms with Crippen LogP contribution >= 0.6 is 11.6 Å². The fourth-order valence-corrected chi connectivity index (χ4v) is 3.13. The van der Waals surface area contributed by atoms with Crippen LogP contribution in [-0.4, -0.2) is 21.0 Å². The Bertz CT molecular complexity index is 1280. The molecule has 0 aliphatic heterocycles. The number of carboxylic acids is 1. The summed E-state index contributed by atoms with van der Waals surface area (Å²) in [5.74, 6) is 5.28. The first-order valence-corrected chi connectivity index (χ1v) is 9.16. The Labute approximate surface area is 171 Å². The van der Waals surface area contributed by atoms with Crippen LogP contribution in [0.2, 0.25) is 5.02 Å². The molecule has 6 heteroatoms. The molecule has 0 unspecified atom stereocenters. The Morgan fingerprint density at radius 2 is 1.90 bits per heavy atom. The average Bonchev–Trinajstić information content (AvgIpc) is 3.07. The van der Waals surface area contributed by atoms with Crippen LogP contribution in [0.4, 0.5) is 0 Å². The molecule has 5 nitrogen and oxygen atoms in total. The molecule has 4 aromatic rings. The second-order valence-corrected chi connectivity index (χ2v) is 6.77. The number of benzene rings is 3. The molecule has 1 aromatic heterocycles. The smallest absolute Gasteiger partial charge is 0.339 e. The van der Waals surface area contributed by atoms with Crippen molar-refractivity contribution in [3.8, 4) is 23.6 Å². The molecule has 0 radical (unpaired) electrons. The van der Waals surface area contributed by atoms with Gasteiger partial charge in [-0.05, 0) is 42.8 Å². The molecule has 0 amide bonds. The van der Waals surface area contributed by atoms with E-state index in [0.29, 0.717) is 27.2 Å². The van der Waals surface area contributed by atoms with Crippen LogP contribution in [-0.2, 0) is 0 Å². The molecule has 0 aliphatic carbocycles. The van der Waals surface area contributed by atoms with Crippen molar-refractivity contribution >= 4 is 28.6 Å². The molecule has 0 bridgehead atoms. The van der Waals surface area contributed by atoms with Gasteiger partial charge in [0.05, 0.1) is 16.1 Å². The van der Waals surface area contributed by atoms with E-state index in [1.54, 1.807) is 37.3 Å². The van der Waals surface area contributed by atoms with Crippen molar-refractivity contribution in [1.29, 1.82) is 0 Å². The molecule has 0 fully saturated rings. The first-order valence-electron chi connectivity index (χ1n) is 8.78. The van der Waals surface area contributed by atoms with Gasteiger partial charge in [0.2, 0.25) is 0 Å². The third kappa shape index (κ3) is 3.93. The molecule has 0 aliphatic rings. The van der Waals surface area contributed by atoms with Gasteiger partial charge in [-0.1, -0.05) is 53.8 Å². The van der Waals surface area contributed by atoms with Crippen molar-refractivity contribution < 1.29 is 14.6 Å².